The Bertz CT molecular complexity index is 974. The molecule has 0 saturated carbocycles. The molecule has 0 amide bonds. The summed E-state index contributed by atoms with van der Waals surface area (Å²) in [6, 6.07) is 12.2. The van der Waals surface area contributed by atoms with Gasteiger partial charge >= 0.3 is 6.18 Å². The van der Waals surface area contributed by atoms with Gasteiger partial charge in [-0.2, -0.15) is 18.3 Å². The van der Waals surface area contributed by atoms with Crippen molar-refractivity contribution in [2.75, 3.05) is 12.5 Å². The van der Waals surface area contributed by atoms with E-state index in [0.29, 0.717) is 11.9 Å². The molecule has 1 heterocycles. The Kier molecular flexibility index (Phi) is 4.99. The van der Waals surface area contributed by atoms with Crippen LogP contribution in [0.25, 0.3) is 10.8 Å². The van der Waals surface area contributed by atoms with Gasteiger partial charge in [0.15, 0.2) is 5.82 Å². The number of benzene rings is 2. The van der Waals surface area contributed by atoms with Gasteiger partial charge in [0.1, 0.15) is 5.75 Å². The van der Waals surface area contributed by atoms with Crippen molar-refractivity contribution in [1.29, 1.82) is 0 Å². The summed E-state index contributed by atoms with van der Waals surface area (Å²) in [7, 11) is 1.54. The van der Waals surface area contributed by atoms with Gasteiger partial charge in [0.05, 0.1) is 23.9 Å². The van der Waals surface area contributed by atoms with Crippen LogP contribution in [0.1, 0.15) is 11.1 Å². The third kappa shape index (κ3) is 3.72. The number of pyridine rings is 1. The quantitative estimate of drug-likeness (QED) is 0.490. The average molecular weight is 380 g/mol. The predicted octanol–water partition coefficient (Wildman–Crippen LogP) is 5.36. The lowest BCUT2D eigenvalue weighted by Crippen LogP contribution is -2.06. The summed E-state index contributed by atoms with van der Waals surface area (Å²) in [5, 5.41) is 5.78. The second-order valence-corrected chi connectivity index (χ2v) is 5.73. The zero-order chi connectivity index (χ0) is 18.7. The van der Waals surface area contributed by atoms with Crippen LogP contribution < -0.4 is 10.2 Å². The summed E-state index contributed by atoms with van der Waals surface area (Å²) in [6.07, 6.45) is -2.30. The van der Waals surface area contributed by atoms with Gasteiger partial charge in [0.2, 0.25) is 0 Å². The number of alkyl halides is 3. The van der Waals surface area contributed by atoms with E-state index < -0.39 is 11.7 Å². The van der Waals surface area contributed by atoms with E-state index in [9.17, 15) is 13.2 Å². The van der Waals surface area contributed by atoms with Gasteiger partial charge in [-0.3, -0.25) is 5.43 Å². The van der Waals surface area contributed by atoms with Crippen LogP contribution in [0.3, 0.4) is 0 Å². The Morgan fingerprint density at radius 2 is 1.96 bits per heavy atom. The maximum absolute atomic E-state index is 12.6. The van der Waals surface area contributed by atoms with Crippen molar-refractivity contribution in [3.8, 4) is 5.75 Å². The number of fused-ring (bicyclic) bond motifs is 1. The van der Waals surface area contributed by atoms with Crippen molar-refractivity contribution in [2.24, 2.45) is 5.10 Å². The molecule has 3 rings (SSSR count). The molecule has 3 aromatic rings. The van der Waals surface area contributed by atoms with E-state index in [-0.39, 0.29) is 10.8 Å². The van der Waals surface area contributed by atoms with Crippen LogP contribution in [0.15, 0.2) is 53.8 Å². The van der Waals surface area contributed by atoms with Crippen LogP contribution in [0.2, 0.25) is 5.02 Å². The van der Waals surface area contributed by atoms with E-state index in [1.807, 2.05) is 36.4 Å². The average Bonchev–Trinajstić information content (AvgIpc) is 2.62. The number of nitrogens with zero attached hydrogens (tertiary/aromatic N) is 2. The van der Waals surface area contributed by atoms with Crippen LogP contribution in [-0.4, -0.2) is 18.3 Å². The van der Waals surface area contributed by atoms with E-state index in [1.165, 1.54) is 6.21 Å². The molecule has 0 unspecified atom stereocenters. The number of hydrazone groups is 1. The predicted molar refractivity (Wildman–Crippen MR) is 96.0 cm³/mol. The molecule has 0 bridgehead atoms. The Labute approximate surface area is 152 Å². The van der Waals surface area contributed by atoms with Gasteiger partial charge in [-0.15, -0.1) is 0 Å². The molecular weight excluding hydrogens is 367 g/mol. The van der Waals surface area contributed by atoms with Crippen LogP contribution in [0.4, 0.5) is 19.0 Å². The summed E-state index contributed by atoms with van der Waals surface area (Å²) in [4.78, 5) is 3.67. The number of hydrogen-bond acceptors (Lipinski definition) is 4. The second kappa shape index (κ2) is 7.21. The van der Waals surface area contributed by atoms with Crippen molar-refractivity contribution in [1.82, 2.24) is 4.98 Å². The lowest BCUT2D eigenvalue weighted by Gasteiger charge is -2.09. The number of ether oxygens (including phenoxy) is 1. The Morgan fingerprint density at radius 3 is 2.65 bits per heavy atom. The smallest absolute Gasteiger partial charge is 0.417 e. The second-order valence-electron chi connectivity index (χ2n) is 5.32. The Morgan fingerprint density at radius 1 is 1.19 bits per heavy atom. The highest BCUT2D eigenvalue weighted by molar-refractivity contribution is 6.33. The minimum Gasteiger partial charge on any atom is -0.496 e. The van der Waals surface area contributed by atoms with Crippen molar-refractivity contribution in [3.63, 3.8) is 0 Å². The molecule has 0 aliphatic heterocycles. The van der Waals surface area contributed by atoms with E-state index >= 15 is 0 Å². The lowest BCUT2D eigenvalue weighted by atomic mass is 10.0. The van der Waals surface area contributed by atoms with Gasteiger partial charge in [0, 0.05) is 11.8 Å². The van der Waals surface area contributed by atoms with E-state index in [1.54, 1.807) is 7.11 Å². The fourth-order valence-electron chi connectivity index (χ4n) is 2.42. The van der Waals surface area contributed by atoms with Gasteiger partial charge in [0.25, 0.3) is 0 Å². The van der Waals surface area contributed by atoms with Gasteiger partial charge in [-0.05, 0) is 22.9 Å². The molecule has 0 fully saturated rings. The summed E-state index contributed by atoms with van der Waals surface area (Å²) < 4.78 is 43.3. The fourth-order valence-corrected chi connectivity index (χ4v) is 2.63. The third-order valence-corrected chi connectivity index (χ3v) is 3.97. The van der Waals surface area contributed by atoms with Gasteiger partial charge in [-0.1, -0.05) is 41.9 Å². The molecule has 26 heavy (non-hydrogen) atoms. The fraction of sp³-hybridized carbons (Fsp3) is 0.111. The van der Waals surface area contributed by atoms with Crippen LogP contribution in [0, 0.1) is 0 Å². The van der Waals surface area contributed by atoms with E-state index in [2.05, 4.69) is 15.5 Å². The van der Waals surface area contributed by atoms with Crippen LogP contribution in [0.5, 0.6) is 5.75 Å². The third-order valence-electron chi connectivity index (χ3n) is 3.68. The topological polar surface area (TPSA) is 46.5 Å². The monoisotopic (exact) mass is 379 g/mol. The van der Waals surface area contributed by atoms with Crippen molar-refractivity contribution in [2.45, 2.75) is 6.18 Å². The summed E-state index contributed by atoms with van der Waals surface area (Å²) in [6.45, 7) is 0. The van der Waals surface area contributed by atoms with E-state index in [4.69, 9.17) is 16.3 Å². The number of nitrogens with one attached hydrogen (secondary N) is 1. The first-order chi connectivity index (χ1) is 12.4. The number of aromatic nitrogens is 1. The first-order valence-corrected chi connectivity index (χ1v) is 7.85. The molecule has 1 N–H and O–H groups in total. The highest BCUT2D eigenvalue weighted by Crippen LogP contribution is 2.32. The largest absolute Gasteiger partial charge is 0.496 e. The molecule has 0 aliphatic carbocycles. The highest BCUT2D eigenvalue weighted by Gasteiger charge is 2.31. The van der Waals surface area contributed by atoms with Crippen molar-refractivity contribution >= 4 is 34.4 Å². The summed E-state index contributed by atoms with van der Waals surface area (Å²) in [5.41, 5.74) is 2.36. The number of methoxy groups -OCH3 is 1. The maximum atomic E-state index is 12.6. The number of hydrogen-bond donors (Lipinski definition) is 1. The molecule has 134 valence electrons. The minimum atomic E-state index is -4.51. The molecule has 0 radical (unpaired) electrons. The lowest BCUT2D eigenvalue weighted by molar-refractivity contribution is -0.137. The Balaban J connectivity index is 1.89. The van der Waals surface area contributed by atoms with Gasteiger partial charge in [-0.25, -0.2) is 4.98 Å². The van der Waals surface area contributed by atoms with Crippen molar-refractivity contribution in [3.05, 3.63) is 64.8 Å². The number of anilines is 1. The summed E-state index contributed by atoms with van der Waals surface area (Å²) in [5.74, 6) is 0.635. The first-order valence-electron chi connectivity index (χ1n) is 7.47. The number of halogens is 4. The van der Waals surface area contributed by atoms with Gasteiger partial charge < -0.3 is 4.74 Å². The molecule has 0 atom stereocenters. The standard InChI is InChI=1S/C18H13ClF3N3O/c1-26-16-7-6-11-4-2-3-5-13(11)14(16)10-24-25-17-15(19)8-12(9-23-17)18(20,21)22/h2-10H,1H3,(H,23,25). The molecule has 4 nitrogen and oxygen atoms in total. The molecule has 0 spiro atoms. The molecule has 0 aliphatic rings. The normalized spacial score (nSPS) is 11.9. The minimum absolute atomic E-state index is 0.0233. The SMILES string of the molecule is COc1ccc2ccccc2c1C=NNc1ncc(C(F)(F)F)cc1Cl. The highest BCUT2D eigenvalue weighted by atomic mass is 35.5. The Hall–Kier alpha value is -2.80. The molecule has 0 saturated heterocycles. The molecule has 1 aromatic heterocycles. The molecule has 2 aromatic carbocycles. The first kappa shape index (κ1) is 18.0. The van der Waals surface area contributed by atoms with E-state index in [0.717, 1.165) is 22.4 Å². The summed E-state index contributed by atoms with van der Waals surface area (Å²) >= 11 is 5.85. The molecule has 8 heteroatoms. The molecular formula is C18H13ClF3N3O. The maximum Gasteiger partial charge on any atom is 0.417 e. The van der Waals surface area contributed by atoms with Crippen molar-refractivity contribution < 1.29 is 17.9 Å². The number of rotatable bonds is 4. The van der Waals surface area contributed by atoms with Crippen LogP contribution in [-0.2, 0) is 6.18 Å². The van der Waals surface area contributed by atoms with Crippen LogP contribution >= 0.6 is 11.6 Å². The zero-order valence-corrected chi connectivity index (χ0v) is 14.3. The zero-order valence-electron chi connectivity index (χ0n) is 13.5.